The van der Waals surface area contributed by atoms with Crippen LogP contribution in [-0.2, 0) is 24.3 Å². The third-order valence-corrected chi connectivity index (χ3v) is 6.47. The van der Waals surface area contributed by atoms with Gasteiger partial charge in [0.15, 0.2) is 23.8 Å². The zero-order valence-corrected chi connectivity index (χ0v) is 22.1. The van der Waals surface area contributed by atoms with Crippen LogP contribution >= 0.6 is 0 Å². The molecule has 0 saturated carbocycles. The lowest BCUT2D eigenvalue weighted by Crippen LogP contribution is -2.42. The van der Waals surface area contributed by atoms with Crippen molar-refractivity contribution < 1.29 is 33.0 Å². The van der Waals surface area contributed by atoms with Gasteiger partial charge in [0.05, 0.1) is 12.6 Å². The molecule has 1 aliphatic heterocycles. The molecular formula is C21H35N9O7S. The van der Waals surface area contributed by atoms with E-state index in [1.807, 2.05) is 0 Å². The quantitative estimate of drug-likeness (QED) is 0.123. The second-order valence-corrected chi connectivity index (χ2v) is 10.7. The summed E-state index contributed by atoms with van der Waals surface area (Å²) in [4.78, 5) is 36.9. The molecule has 0 unspecified atom stereocenters. The fourth-order valence-electron chi connectivity index (χ4n) is 3.89. The van der Waals surface area contributed by atoms with Gasteiger partial charge in [-0.05, 0) is 19.8 Å². The van der Waals surface area contributed by atoms with Crippen molar-refractivity contribution in [2.45, 2.75) is 57.1 Å². The van der Waals surface area contributed by atoms with Crippen molar-refractivity contribution in [3.63, 3.8) is 0 Å². The van der Waals surface area contributed by atoms with Crippen molar-refractivity contribution in [1.82, 2.24) is 34.9 Å². The second-order valence-electron chi connectivity index (χ2n) is 8.83. The lowest BCUT2D eigenvalue weighted by Gasteiger charge is -2.16. The minimum Gasteiger partial charge on any atom is -0.387 e. The summed E-state index contributed by atoms with van der Waals surface area (Å²) in [5, 5.41) is 29.1. The first-order chi connectivity index (χ1) is 18.0. The molecule has 3 heterocycles. The Morgan fingerprint density at radius 3 is 2.58 bits per heavy atom. The number of anilines is 2. The average Bonchev–Trinajstić information content (AvgIpc) is 3.39. The van der Waals surface area contributed by atoms with Gasteiger partial charge in [-0.2, -0.15) is 9.97 Å². The van der Waals surface area contributed by atoms with Crippen molar-refractivity contribution in [3.8, 4) is 0 Å². The highest BCUT2D eigenvalue weighted by molar-refractivity contribution is 7.88. The van der Waals surface area contributed by atoms with Crippen LogP contribution in [0.4, 0.5) is 11.8 Å². The number of aliphatic hydroxyl groups excluding tert-OH is 2. The first-order valence-electron chi connectivity index (χ1n) is 12.3. The number of unbranched alkanes of at least 4 members (excludes halogenated alkanes) is 2. The van der Waals surface area contributed by atoms with E-state index in [-0.39, 0.29) is 28.8 Å². The van der Waals surface area contributed by atoms with E-state index in [0.29, 0.717) is 45.4 Å². The average molecular weight is 558 g/mol. The zero-order valence-electron chi connectivity index (χ0n) is 21.3. The number of nitrogens with zero attached hydrogens (tertiary/aromatic N) is 4. The standard InChI is InChI=1S/C21H35N9O7S/c1-3-23-19(34)16-14(32)15(33)20(37-16)30-11-26-13-17(22)28-21(29-18(13)30)25-10-9-24-12(31)7-5-4-6-8-27-38(2,35)36/h11,14-16,20,27,32-33H,3-10H2,1-2H3,(H,23,34)(H,24,31)(H3,22,25,28,29)/t14-,15+,16-,20+/m0/s1. The normalized spacial score (nSPS) is 21.5. The number of imidazole rings is 1. The van der Waals surface area contributed by atoms with Crippen LogP contribution < -0.4 is 26.4 Å². The SMILES string of the molecule is CCNC(=O)[C@H]1O[C@@H](n2cnc3c(N)nc(NCCNC(=O)CCCCCNS(C)(=O)=O)nc32)[C@H](O)[C@@H]1O. The number of aromatic nitrogens is 4. The molecule has 8 N–H and O–H groups in total. The molecular weight excluding hydrogens is 522 g/mol. The summed E-state index contributed by atoms with van der Waals surface area (Å²) < 4.78 is 31.4. The lowest BCUT2D eigenvalue weighted by atomic mass is 10.1. The molecule has 2 aromatic heterocycles. The predicted molar refractivity (Wildman–Crippen MR) is 137 cm³/mol. The number of hydrogen-bond acceptors (Lipinski definition) is 12. The Kier molecular flexibility index (Phi) is 10.1. The van der Waals surface area contributed by atoms with E-state index in [1.54, 1.807) is 6.92 Å². The summed E-state index contributed by atoms with van der Waals surface area (Å²) >= 11 is 0. The van der Waals surface area contributed by atoms with Crippen LogP contribution in [0.3, 0.4) is 0 Å². The van der Waals surface area contributed by atoms with Crippen molar-refractivity contribution >= 4 is 44.8 Å². The van der Waals surface area contributed by atoms with Gasteiger partial charge in [0.25, 0.3) is 5.91 Å². The Morgan fingerprint density at radius 1 is 1.11 bits per heavy atom. The molecule has 16 nitrogen and oxygen atoms in total. The number of carbonyl (C=O) groups excluding carboxylic acids is 2. The van der Waals surface area contributed by atoms with Gasteiger partial charge >= 0.3 is 0 Å². The fourth-order valence-corrected chi connectivity index (χ4v) is 4.41. The van der Waals surface area contributed by atoms with Gasteiger partial charge in [-0.15, -0.1) is 0 Å². The Bertz CT molecular complexity index is 1220. The zero-order chi connectivity index (χ0) is 27.9. The van der Waals surface area contributed by atoms with Crippen molar-refractivity contribution in [1.29, 1.82) is 0 Å². The molecule has 2 amide bonds. The topological polar surface area (TPSA) is 236 Å². The van der Waals surface area contributed by atoms with E-state index in [1.165, 1.54) is 10.9 Å². The van der Waals surface area contributed by atoms with Gasteiger partial charge in [0, 0.05) is 32.6 Å². The van der Waals surface area contributed by atoms with Gasteiger partial charge in [0.1, 0.15) is 17.7 Å². The Balaban J connectivity index is 1.51. The Labute approximate surface area is 219 Å². The van der Waals surface area contributed by atoms with E-state index in [9.17, 15) is 28.2 Å². The third kappa shape index (κ3) is 7.70. The molecule has 0 bridgehead atoms. The van der Waals surface area contributed by atoms with Gasteiger partial charge in [-0.1, -0.05) is 6.42 Å². The van der Waals surface area contributed by atoms with Crippen molar-refractivity contribution in [2.75, 3.05) is 43.5 Å². The maximum Gasteiger partial charge on any atom is 0.252 e. The van der Waals surface area contributed by atoms with E-state index < -0.39 is 40.5 Å². The van der Waals surface area contributed by atoms with Crippen LogP contribution in [0.25, 0.3) is 11.2 Å². The number of likely N-dealkylation sites (N-methyl/N-ethyl adjacent to an activating group) is 1. The number of nitrogens with one attached hydrogen (secondary N) is 4. The number of sulfonamides is 1. The highest BCUT2D eigenvalue weighted by Gasteiger charge is 2.47. The minimum absolute atomic E-state index is 0.0685. The summed E-state index contributed by atoms with van der Waals surface area (Å²) in [5.41, 5.74) is 6.50. The molecule has 0 spiro atoms. The number of fused-ring (bicyclic) bond motifs is 1. The van der Waals surface area contributed by atoms with Crippen LogP contribution in [0.1, 0.15) is 38.8 Å². The van der Waals surface area contributed by atoms with Crippen LogP contribution in [-0.4, -0.2) is 101 Å². The number of carbonyl (C=O) groups is 2. The van der Waals surface area contributed by atoms with Crippen LogP contribution in [0.15, 0.2) is 6.33 Å². The smallest absolute Gasteiger partial charge is 0.252 e. The fraction of sp³-hybridized carbons (Fsp3) is 0.667. The molecule has 0 aliphatic carbocycles. The summed E-state index contributed by atoms with van der Waals surface area (Å²) in [5.74, 6) is -0.463. The van der Waals surface area contributed by atoms with Crippen molar-refractivity contribution in [3.05, 3.63) is 6.33 Å². The number of hydrogen-bond donors (Lipinski definition) is 7. The summed E-state index contributed by atoms with van der Waals surface area (Å²) in [6, 6.07) is 0. The monoisotopic (exact) mass is 557 g/mol. The number of rotatable bonds is 14. The molecule has 2 aromatic rings. The van der Waals surface area contributed by atoms with Crippen LogP contribution in [0.5, 0.6) is 0 Å². The summed E-state index contributed by atoms with van der Waals surface area (Å²) in [6.45, 7) is 2.99. The first-order valence-corrected chi connectivity index (χ1v) is 14.2. The molecule has 0 radical (unpaired) electrons. The molecule has 1 aliphatic rings. The number of amides is 2. The van der Waals surface area contributed by atoms with Crippen LogP contribution in [0, 0.1) is 0 Å². The highest BCUT2D eigenvalue weighted by Crippen LogP contribution is 2.32. The maximum absolute atomic E-state index is 12.2. The second kappa shape index (κ2) is 13.1. The lowest BCUT2D eigenvalue weighted by molar-refractivity contribution is -0.137. The molecule has 0 aromatic carbocycles. The summed E-state index contributed by atoms with van der Waals surface area (Å²) in [7, 11) is -3.20. The Morgan fingerprint density at radius 2 is 1.87 bits per heavy atom. The molecule has 1 saturated heterocycles. The largest absolute Gasteiger partial charge is 0.387 e. The summed E-state index contributed by atoms with van der Waals surface area (Å²) in [6.07, 6.45) is -0.516. The number of aliphatic hydroxyl groups is 2. The van der Waals surface area contributed by atoms with Gasteiger partial charge in [-0.3, -0.25) is 14.2 Å². The first kappa shape index (κ1) is 29.4. The Hall–Kier alpha value is -3.12. The molecule has 17 heteroatoms. The van der Waals surface area contributed by atoms with E-state index in [4.69, 9.17) is 10.5 Å². The predicted octanol–water partition coefficient (Wildman–Crippen LogP) is -2.20. The highest BCUT2D eigenvalue weighted by atomic mass is 32.2. The number of nitrogens with two attached hydrogens (primary N) is 1. The van der Waals surface area contributed by atoms with Gasteiger partial charge in [0.2, 0.25) is 21.9 Å². The number of ether oxygens (including phenoxy) is 1. The molecule has 212 valence electrons. The van der Waals surface area contributed by atoms with Crippen LogP contribution in [0.2, 0.25) is 0 Å². The number of nitrogen functional groups attached to an aromatic ring is 1. The van der Waals surface area contributed by atoms with Gasteiger partial charge < -0.3 is 36.6 Å². The minimum atomic E-state index is -3.20. The van der Waals surface area contributed by atoms with E-state index >= 15 is 0 Å². The van der Waals surface area contributed by atoms with Crippen molar-refractivity contribution in [2.24, 2.45) is 0 Å². The molecule has 1 fully saturated rings. The maximum atomic E-state index is 12.2. The van der Waals surface area contributed by atoms with E-state index in [0.717, 1.165) is 12.7 Å². The molecule has 38 heavy (non-hydrogen) atoms. The van der Waals surface area contributed by atoms with Gasteiger partial charge in [-0.25, -0.2) is 18.1 Å². The molecule has 4 atom stereocenters. The van der Waals surface area contributed by atoms with E-state index in [2.05, 4.69) is 35.6 Å². The molecule has 3 rings (SSSR count). The third-order valence-electron chi connectivity index (χ3n) is 5.75.